The highest BCUT2D eigenvalue weighted by atomic mass is 16.6. The number of benzene rings is 2. The second-order valence-corrected chi connectivity index (χ2v) is 7.39. The topological polar surface area (TPSA) is 145 Å². The molecule has 1 unspecified atom stereocenters. The van der Waals surface area contributed by atoms with E-state index in [-0.39, 0.29) is 28.2 Å². The number of nitro benzene ring substituents is 1. The van der Waals surface area contributed by atoms with Crippen molar-refractivity contribution in [2.24, 2.45) is 0 Å². The van der Waals surface area contributed by atoms with E-state index in [1.165, 1.54) is 62.8 Å². The molecule has 1 aliphatic heterocycles. The van der Waals surface area contributed by atoms with Crippen molar-refractivity contribution in [3.8, 4) is 11.5 Å². The SMILES string of the molecule is COc1ccc(C(O)=C2C(=O)C(=O)N(c3cc(C)on3)C2c2cccc([N+](=O)[O-])c2)cc1OC. The number of aliphatic hydroxyl groups excluding tert-OH is 1. The summed E-state index contributed by atoms with van der Waals surface area (Å²) in [5.41, 5.74) is -0.0950. The summed E-state index contributed by atoms with van der Waals surface area (Å²) >= 11 is 0. The van der Waals surface area contributed by atoms with Crippen LogP contribution in [-0.2, 0) is 9.59 Å². The van der Waals surface area contributed by atoms with Crippen molar-refractivity contribution in [3.05, 3.63) is 81.1 Å². The van der Waals surface area contributed by atoms with Crippen LogP contribution in [0.1, 0.15) is 22.9 Å². The van der Waals surface area contributed by atoms with E-state index in [0.29, 0.717) is 17.3 Å². The number of ether oxygens (including phenoxy) is 2. The zero-order valence-electron chi connectivity index (χ0n) is 18.3. The summed E-state index contributed by atoms with van der Waals surface area (Å²) in [5, 5.41) is 26.4. The number of aromatic nitrogens is 1. The first-order valence-electron chi connectivity index (χ1n) is 9.98. The minimum Gasteiger partial charge on any atom is -0.507 e. The Bertz CT molecular complexity index is 1340. The van der Waals surface area contributed by atoms with Gasteiger partial charge in [-0.05, 0) is 30.7 Å². The second-order valence-electron chi connectivity index (χ2n) is 7.39. The maximum atomic E-state index is 13.1. The van der Waals surface area contributed by atoms with Crippen LogP contribution in [0.15, 0.2) is 58.6 Å². The smallest absolute Gasteiger partial charge is 0.301 e. The maximum Gasteiger partial charge on any atom is 0.301 e. The first-order chi connectivity index (χ1) is 16.3. The molecule has 4 rings (SSSR count). The largest absolute Gasteiger partial charge is 0.507 e. The van der Waals surface area contributed by atoms with E-state index >= 15 is 0 Å². The predicted octanol–water partition coefficient (Wildman–Crippen LogP) is 3.53. The molecule has 0 radical (unpaired) electrons. The van der Waals surface area contributed by atoms with Gasteiger partial charge in [0.2, 0.25) is 0 Å². The Morgan fingerprint density at radius 2 is 1.85 bits per heavy atom. The summed E-state index contributed by atoms with van der Waals surface area (Å²) in [6, 6.07) is 10.2. The Hall–Kier alpha value is -4.67. The molecule has 1 saturated heterocycles. The van der Waals surface area contributed by atoms with Gasteiger partial charge in [-0.15, -0.1) is 0 Å². The average molecular weight is 465 g/mol. The first-order valence-corrected chi connectivity index (χ1v) is 9.98. The molecule has 11 heteroatoms. The molecule has 1 N–H and O–H groups in total. The fourth-order valence-corrected chi connectivity index (χ4v) is 3.80. The number of methoxy groups -OCH3 is 2. The first kappa shape index (κ1) is 22.5. The highest BCUT2D eigenvalue weighted by Crippen LogP contribution is 2.43. The van der Waals surface area contributed by atoms with E-state index in [4.69, 9.17) is 14.0 Å². The highest BCUT2D eigenvalue weighted by molar-refractivity contribution is 6.51. The van der Waals surface area contributed by atoms with E-state index in [2.05, 4.69) is 5.16 Å². The molecule has 2 heterocycles. The van der Waals surface area contributed by atoms with Gasteiger partial charge in [0.15, 0.2) is 17.3 Å². The lowest BCUT2D eigenvalue weighted by Gasteiger charge is -2.22. The van der Waals surface area contributed by atoms with Gasteiger partial charge in [-0.2, -0.15) is 0 Å². The van der Waals surface area contributed by atoms with Crippen LogP contribution < -0.4 is 14.4 Å². The lowest BCUT2D eigenvalue weighted by Crippen LogP contribution is -2.29. The molecule has 3 aromatic rings. The number of aryl methyl sites for hydroxylation is 1. The van der Waals surface area contributed by atoms with Crippen LogP contribution >= 0.6 is 0 Å². The summed E-state index contributed by atoms with van der Waals surface area (Å²) in [6.45, 7) is 1.61. The third-order valence-corrected chi connectivity index (χ3v) is 5.36. The number of nitro groups is 1. The number of Topliss-reactive ketones (excluding diaryl/α,β-unsaturated/α-hetero) is 1. The number of aliphatic hydroxyl groups is 1. The molecule has 1 atom stereocenters. The number of carbonyl (C=O) groups excluding carboxylic acids is 2. The van der Waals surface area contributed by atoms with Gasteiger partial charge in [-0.25, -0.2) is 0 Å². The molecule has 174 valence electrons. The molecule has 1 fully saturated rings. The van der Waals surface area contributed by atoms with E-state index in [1.54, 1.807) is 6.92 Å². The standard InChI is InChI=1S/C23H19N3O8/c1-12-9-18(24-34-12)25-20(13-5-4-6-15(10-13)26(30)31)19(22(28)23(25)29)21(27)14-7-8-16(32-2)17(11-14)33-3/h4-11,20,27H,1-3H3. The van der Waals surface area contributed by atoms with Gasteiger partial charge in [0, 0.05) is 23.8 Å². The van der Waals surface area contributed by atoms with E-state index in [1.807, 2.05) is 0 Å². The van der Waals surface area contributed by atoms with Gasteiger partial charge < -0.3 is 19.1 Å². The molecule has 1 aromatic heterocycles. The van der Waals surface area contributed by atoms with Crippen LogP contribution in [0.4, 0.5) is 11.5 Å². The Morgan fingerprint density at radius 1 is 1.12 bits per heavy atom. The van der Waals surface area contributed by atoms with Crippen LogP contribution in [0.25, 0.3) is 5.76 Å². The van der Waals surface area contributed by atoms with Gasteiger partial charge in [0.25, 0.3) is 11.5 Å². The molecule has 0 bridgehead atoms. The van der Waals surface area contributed by atoms with Crippen molar-refractivity contribution in [2.45, 2.75) is 13.0 Å². The number of non-ortho nitro benzene ring substituents is 1. The summed E-state index contributed by atoms with van der Waals surface area (Å²) in [7, 11) is 2.86. The summed E-state index contributed by atoms with van der Waals surface area (Å²) in [5.74, 6) is -1.33. The summed E-state index contributed by atoms with van der Waals surface area (Å²) in [4.78, 5) is 38.0. The number of nitrogens with zero attached hydrogens (tertiary/aromatic N) is 3. The van der Waals surface area contributed by atoms with Crippen molar-refractivity contribution >= 4 is 29.0 Å². The molecule has 11 nitrogen and oxygen atoms in total. The van der Waals surface area contributed by atoms with E-state index in [0.717, 1.165) is 4.90 Å². The third-order valence-electron chi connectivity index (χ3n) is 5.36. The summed E-state index contributed by atoms with van der Waals surface area (Å²) in [6.07, 6.45) is 0. The third kappa shape index (κ3) is 3.72. The number of carbonyl (C=O) groups is 2. The normalized spacial score (nSPS) is 17.1. The molecule has 34 heavy (non-hydrogen) atoms. The van der Waals surface area contributed by atoms with Crippen LogP contribution in [0.5, 0.6) is 11.5 Å². The Labute approximate surface area is 192 Å². The molecule has 0 aliphatic carbocycles. The average Bonchev–Trinajstić information content (AvgIpc) is 3.38. The van der Waals surface area contributed by atoms with Crippen LogP contribution in [0, 0.1) is 17.0 Å². The van der Waals surface area contributed by atoms with Crippen molar-refractivity contribution in [1.82, 2.24) is 5.16 Å². The van der Waals surface area contributed by atoms with Crippen molar-refractivity contribution in [1.29, 1.82) is 0 Å². The maximum absolute atomic E-state index is 13.1. The van der Waals surface area contributed by atoms with Gasteiger partial charge >= 0.3 is 5.91 Å². The number of hydrogen-bond donors (Lipinski definition) is 1. The monoisotopic (exact) mass is 465 g/mol. The molecule has 0 spiro atoms. The van der Waals surface area contributed by atoms with Crippen LogP contribution in [-0.4, -0.2) is 41.1 Å². The van der Waals surface area contributed by atoms with Crippen molar-refractivity contribution < 1.29 is 33.6 Å². The van der Waals surface area contributed by atoms with E-state index < -0.39 is 28.4 Å². The minimum atomic E-state index is -1.20. The lowest BCUT2D eigenvalue weighted by molar-refractivity contribution is -0.384. The van der Waals surface area contributed by atoms with Gasteiger partial charge in [0.1, 0.15) is 11.5 Å². The van der Waals surface area contributed by atoms with Gasteiger partial charge in [-0.3, -0.25) is 24.6 Å². The van der Waals surface area contributed by atoms with Crippen LogP contribution in [0.3, 0.4) is 0 Å². The van der Waals surface area contributed by atoms with Gasteiger partial charge in [-0.1, -0.05) is 17.3 Å². The molecule has 1 amide bonds. The van der Waals surface area contributed by atoms with Crippen molar-refractivity contribution in [3.63, 3.8) is 0 Å². The minimum absolute atomic E-state index is 0.0301. The number of anilines is 1. The fraction of sp³-hybridized carbons (Fsp3) is 0.174. The lowest BCUT2D eigenvalue weighted by atomic mass is 9.95. The zero-order valence-corrected chi connectivity index (χ0v) is 18.3. The quantitative estimate of drug-likeness (QED) is 0.190. The number of rotatable bonds is 6. The van der Waals surface area contributed by atoms with Gasteiger partial charge in [0.05, 0.1) is 30.8 Å². The van der Waals surface area contributed by atoms with Crippen molar-refractivity contribution in [2.75, 3.05) is 19.1 Å². The number of hydrogen-bond acceptors (Lipinski definition) is 9. The number of amides is 1. The Morgan fingerprint density at radius 3 is 2.47 bits per heavy atom. The zero-order chi connectivity index (χ0) is 24.6. The van der Waals surface area contributed by atoms with E-state index in [9.17, 15) is 24.8 Å². The molecular formula is C23H19N3O8. The Balaban J connectivity index is 1.96. The summed E-state index contributed by atoms with van der Waals surface area (Å²) < 4.78 is 15.5. The fourth-order valence-electron chi connectivity index (χ4n) is 3.80. The van der Waals surface area contributed by atoms with Crippen LogP contribution in [0.2, 0.25) is 0 Å². The molecular weight excluding hydrogens is 446 g/mol. The molecule has 1 aliphatic rings. The molecule has 2 aromatic carbocycles. The Kier molecular flexibility index (Phi) is 5.76. The highest BCUT2D eigenvalue weighted by Gasteiger charge is 2.48. The predicted molar refractivity (Wildman–Crippen MR) is 119 cm³/mol. The number of ketones is 1. The second kappa shape index (κ2) is 8.70. The molecule has 0 saturated carbocycles.